The lowest BCUT2D eigenvalue weighted by Crippen LogP contribution is -2.40. The molecule has 16 heavy (non-hydrogen) atoms. The van der Waals surface area contributed by atoms with E-state index in [0.717, 1.165) is 19.4 Å². The van der Waals surface area contributed by atoms with Crippen molar-refractivity contribution in [2.45, 2.75) is 31.8 Å². The molecule has 2 aliphatic rings. The third-order valence-corrected chi connectivity index (χ3v) is 3.16. The highest BCUT2D eigenvalue weighted by Crippen LogP contribution is 2.18. The van der Waals surface area contributed by atoms with E-state index in [1.54, 1.807) is 0 Å². The number of piperidine rings is 1. The largest absolute Gasteiger partial charge is 0.316 e. The molecule has 2 saturated heterocycles. The molecule has 0 aromatic heterocycles. The molecular formula is C10H16N4O2. The van der Waals surface area contributed by atoms with Gasteiger partial charge in [0, 0.05) is 12.6 Å². The van der Waals surface area contributed by atoms with Crippen molar-refractivity contribution in [2.75, 3.05) is 13.6 Å². The van der Waals surface area contributed by atoms with E-state index in [2.05, 4.69) is 34.5 Å². The Labute approximate surface area is 94.1 Å². The van der Waals surface area contributed by atoms with Crippen molar-refractivity contribution in [1.82, 2.24) is 15.5 Å². The monoisotopic (exact) mass is 224 g/mol. The number of hydrogen-bond donors (Lipinski definition) is 2. The first-order valence-corrected chi connectivity index (χ1v) is 5.46. The molecule has 6 heteroatoms. The number of carbonyl (C=O) groups excluding carboxylic acids is 2. The minimum Gasteiger partial charge on any atom is -0.304 e. The van der Waals surface area contributed by atoms with Crippen molar-refractivity contribution in [3.05, 3.63) is 0 Å². The summed E-state index contributed by atoms with van der Waals surface area (Å²) >= 11 is 0. The van der Waals surface area contributed by atoms with Gasteiger partial charge in [0.1, 0.15) is 0 Å². The first-order valence-electron chi connectivity index (χ1n) is 5.46. The van der Waals surface area contributed by atoms with Crippen LogP contribution in [0.3, 0.4) is 0 Å². The van der Waals surface area contributed by atoms with Gasteiger partial charge in [-0.15, -0.1) is 0 Å². The quantitative estimate of drug-likeness (QED) is 0.565. The number of aliphatic imine (C=N–C) groups is 1. The highest BCUT2D eigenvalue weighted by atomic mass is 16.2. The van der Waals surface area contributed by atoms with Crippen molar-refractivity contribution in [3.8, 4) is 0 Å². The smallest absolute Gasteiger partial charge is 0.304 e. The standard InChI is InChI=1S/C10H16N4O2/c1-6-5-7(3-4-14(6)2)11-10-12-8(15)9(16)13-10/h6-7H,3-5H2,1-2H3,(H2,11,12,13,15,16). The normalized spacial score (nSPS) is 31.2. The van der Waals surface area contributed by atoms with Gasteiger partial charge in [0.2, 0.25) is 5.96 Å². The zero-order valence-corrected chi connectivity index (χ0v) is 9.49. The van der Waals surface area contributed by atoms with Gasteiger partial charge in [0.25, 0.3) is 0 Å². The van der Waals surface area contributed by atoms with E-state index < -0.39 is 11.8 Å². The summed E-state index contributed by atoms with van der Waals surface area (Å²) in [4.78, 5) is 28.5. The molecule has 0 aromatic rings. The average Bonchev–Trinajstić information content (AvgIpc) is 2.52. The first kappa shape index (κ1) is 11.1. The molecule has 0 spiro atoms. The van der Waals surface area contributed by atoms with Gasteiger partial charge in [0.15, 0.2) is 0 Å². The van der Waals surface area contributed by atoms with E-state index in [4.69, 9.17) is 0 Å². The molecule has 0 aliphatic carbocycles. The number of nitrogens with zero attached hydrogens (tertiary/aromatic N) is 2. The van der Waals surface area contributed by atoms with Crippen LogP contribution in [0.1, 0.15) is 19.8 Å². The summed E-state index contributed by atoms with van der Waals surface area (Å²) < 4.78 is 0. The maximum absolute atomic E-state index is 10.9. The maximum atomic E-state index is 10.9. The SMILES string of the molecule is CC1CC(N=C2NC(=O)C(=O)N2)CCN1C. The highest BCUT2D eigenvalue weighted by Gasteiger charge is 2.28. The average molecular weight is 224 g/mol. The van der Waals surface area contributed by atoms with E-state index in [1.165, 1.54) is 0 Å². The first-order chi connectivity index (χ1) is 7.56. The van der Waals surface area contributed by atoms with Gasteiger partial charge in [-0.05, 0) is 26.8 Å². The summed E-state index contributed by atoms with van der Waals surface area (Å²) in [5.41, 5.74) is 0. The number of hydrogen-bond acceptors (Lipinski definition) is 4. The number of nitrogens with one attached hydrogen (secondary N) is 2. The Morgan fingerprint density at radius 2 is 1.94 bits per heavy atom. The van der Waals surface area contributed by atoms with E-state index in [1.807, 2.05) is 0 Å². The zero-order chi connectivity index (χ0) is 11.7. The van der Waals surface area contributed by atoms with Crippen LogP contribution in [0.25, 0.3) is 0 Å². The summed E-state index contributed by atoms with van der Waals surface area (Å²) in [5.74, 6) is -0.948. The zero-order valence-electron chi connectivity index (χ0n) is 9.49. The Morgan fingerprint density at radius 3 is 2.50 bits per heavy atom. The van der Waals surface area contributed by atoms with Crippen molar-refractivity contribution in [1.29, 1.82) is 0 Å². The lowest BCUT2D eigenvalue weighted by molar-refractivity contribution is -0.135. The minimum atomic E-state index is -0.625. The molecule has 2 amide bonds. The van der Waals surface area contributed by atoms with Gasteiger partial charge >= 0.3 is 11.8 Å². The Morgan fingerprint density at radius 1 is 1.31 bits per heavy atom. The summed E-state index contributed by atoms with van der Waals surface area (Å²) in [6.07, 6.45) is 1.90. The van der Waals surface area contributed by atoms with Gasteiger partial charge in [-0.25, -0.2) is 4.99 Å². The molecule has 0 bridgehead atoms. The van der Waals surface area contributed by atoms with Crippen molar-refractivity contribution < 1.29 is 9.59 Å². The molecule has 2 atom stereocenters. The molecule has 2 aliphatic heterocycles. The van der Waals surface area contributed by atoms with Crippen LogP contribution in [0.4, 0.5) is 0 Å². The Hall–Kier alpha value is -1.43. The van der Waals surface area contributed by atoms with Gasteiger partial charge in [-0.2, -0.15) is 0 Å². The lowest BCUT2D eigenvalue weighted by Gasteiger charge is -2.33. The third-order valence-electron chi connectivity index (χ3n) is 3.16. The van der Waals surface area contributed by atoms with Crippen molar-refractivity contribution >= 4 is 17.8 Å². The van der Waals surface area contributed by atoms with E-state index in [0.29, 0.717) is 12.0 Å². The molecule has 2 N–H and O–H groups in total. The number of carbonyl (C=O) groups is 2. The Bertz CT molecular complexity index is 335. The van der Waals surface area contributed by atoms with E-state index in [-0.39, 0.29) is 6.04 Å². The van der Waals surface area contributed by atoms with Gasteiger partial charge in [0.05, 0.1) is 6.04 Å². The molecule has 2 heterocycles. The van der Waals surface area contributed by atoms with E-state index >= 15 is 0 Å². The third kappa shape index (κ3) is 2.21. The Balaban J connectivity index is 1.97. The van der Waals surface area contributed by atoms with Crippen LogP contribution in [0.5, 0.6) is 0 Å². The van der Waals surface area contributed by atoms with Crippen molar-refractivity contribution in [2.24, 2.45) is 4.99 Å². The lowest BCUT2D eigenvalue weighted by atomic mass is 10.00. The fourth-order valence-electron chi connectivity index (χ4n) is 1.99. The fraction of sp³-hybridized carbons (Fsp3) is 0.700. The molecule has 0 radical (unpaired) electrons. The maximum Gasteiger partial charge on any atom is 0.316 e. The van der Waals surface area contributed by atoms with Crippen LogP contribution in [0, 0.1) is 0 Å². The summed E-state index contributed by atoms with van der Waals surface area (Å²) in [6, 6.07) is 0.663. The molecule has 2 unspecified atom stereocenters. The molecule has 2 rings (SSSR count). The fourth-order valence-corrected chi connectivity index (χ4v) is 1.99. The van der Waals surface area contributed by atoms with Gasteiger partial charge in [-0.1, -0.05) is 0 Å². The van der Waals surface area contributed by atoms with E-state index in [9.17, 15) is 9.59 Å². The summed E-state index contributed by atoms with van der Waals surface area (Å²) in [7, 11) is 2.09. The predicted octanol–water partition coefficient (Wildman–Crippen LogP) is -0.929. The van der Waals surface area contributed by atoms with Crippen LogP contribution >= 0.6 is 0 Å². The van der Waals surface area contributed by atoms with Gasteiger partial charge in [-0.3, -0.25) is 20.2 Å². The predicted molar refractivity (Wildman–Crippen MR) is 58.8 cm³/mol. The summed E-state index contributed by atoms with van der Waals surface area (Å²) in [6.45, 7) is 3.14. The van der Waals surface area contributed by atoms with Crippen LogP contribution in [-0.2, 0) is 9.59 Å². The highest BCUT2D eigenvalue weighted by molar-refractivity contribution is 6.45. The molecule has 6 nitrogen and oxygen atoms in total. The number of rotatable bonds is 1. The molecule has 0 aromatic carbocycles. The molecule has 0 saturated carbocycles. The molecule has 88 valence electrons. The second-order valence-electron chi connectivity index (χ2n) is 4.39. The van der Waals surface area contributed by atoms with Crippen LogP contribution < -0.4 is 10.6 Å². The van der Waals surface area contributed by atoms with Crippen LogP contribution in [-0.4, -0.2) is 48.3 Å². The number of amides is 2. The number of guanidine groups is 1. The molecular weight excluding hydrogens is 208 g/mol. The topological polar surface area (TPSA) is 73.8 Å². The van der Waals surface area contributed by atoms with Crippen molar-refractivity contribution in [3.63, 3.8) is 0 Å². The van der Waals surface area contributed by atoms with Crippen LogP contribution in [0.15, 0.2) is 4.99 Å². The second kappa shape index (κ2) is 4.21. The van der Waals surface area contributed by atoms with Crippen LogP contribution in [0.2, 0.25) is 0 Å². The Kier molecular flexibility index (Phi) is 2.91. The van der Waals surface area contributed by atoms with Gasteiger partial charge < -0.3 is 4.90 Å². The number of likely N-dealkylation sites (tertiary alicyclic amines) is 1. The minimum absolute atomic E-state index is 0.180. The second-order valence-corrected chi connectivity index (χ2v) is 4.39. The summed E-state index contributed by atoms with van der Waals surface area (Å²) in [5, 5.41) is 4.83. The molecule has 2 fully saturated rings.